The fourth-order valence-electron chi connectivity index (χ4n) is 2.10. The first-order chi connectivity index (χ1) is 10.7. The van der Waals surface area contributed by atoms with E-state index in [1.807, 2.05) is 13.8 Å². The molecule has 0 saturated heterocycles. The summed E-state index contributed by atoms with van der Waals surface area (Å²) in [6, 6.07) is 4.38. The van der Waals surface area contributed by atoms with Gasteiger partial charge in [0.25, 0.3) is 5.91 Å². The Hall–Kier alpha value is -2.11. The Morgan fingerprint density at radius 1 is 1.17 bits per heavy atom. The van der Waals surface area contributed by atoms with Crippen LogP contribution in [0.25, 0.3) is 0 Å². The number of benzene rings is 1. The van der Waals surface area contributed by atoms with Crippen LogP contribution in [0.1, 0.15) is 34.1 Å². The van der Waals surface area contributed by atoms with Crippen LogP contribution in [0.15, 0.2) is 24.3 Å². The molecule has 0 aliphatic rings. The van der Waals surface area contributed by atoms with E-state index in [0.29, 0.717) is 12.2 Å². The van der Waals surface area contributed by atoms with Crippen molar-refractivity contribution in [2.75, 3.05) is 0 Å². The zero-order valence-electron chi connectivity index (χ0n) is 13.9. The van der Waals surface area contributed by atoms with Crippen molar-refractivity contribution in [2.24, 2.45) is 11.8 Å². The first-order valence-corrected chi connectivity index (χ1v) is 7.66. The Morgan fingerprint density at radius 2 is 1.74 bits per heavy atom. The lowest BCUT2D eigenvalue weighted by molar-refractivity contribution is -0.144. The lowest BCUT2D eigenvalue weighted by Crippen LogP contribution is -2.49. The predicted octanol–water partition coefficient (Wildman–Crippen LogP) is 2.84. The van der Waals surface area contributed by atoms with E-state index < -0.39 is 29.8 Å². The van der Waals surface area contributed by atoms with Gasteiger partial charge in [-0.1, -0.05) is 27.7 Å². The summed E-state index contributed by atoms with van der Waals surface area (Å²) in [7, 11) is 0. The molecule has 0 aromatic heterocycles. The maximum atomic E-state index is 12.9. The maximum absolute atomic E-state index is 12.9. The highest BCUT2D eigenvalue weighted by Crippen LogP contribution is 2.17. The molecule has 2 atom stereocenters. The number of carbonyl (C=O) groups excluding carboxylic acids is 1. The second-order valence-corrected chi connectivity index (χ2v) is 6.27. The van der Waals surface area contributed by atoms with E-state index in [1.54, 1.807) is 13.8 Å². The van der Waals surface area contributed by atoms with Crippen LogP contribution < -0.4 is 10.1 Å². The molecule has 0 heterocycles. The highest BCUT2D eigenvalue weighted by atomic mass is 19.1. The highest BCUT2D eigenvalue weighted by Gasteiger charge is 2.29. The number of carboxylic acid groups (broad SMARTS) is 1. The van der Waals surface area contributed by atoms with E-state index in [0.717, 1.165) is 0 Å². The molecule has 23 heavy (non-hydrogen) atoms. The van der Waals surface area contributed by atoms with E-state index >= 15 is 0 Å². The zero-order valence-corrected chi connectivity index (χ0v) is 13.9. The molecule has 128 valence electrons. The minimum absolute atomic E-state index is 0.131. The largest absolute Gasteiger partial charge is 0.480 e. The lowest BCUT2D eigenvalue weighted by Gasteiger charge is -2.24. The van der Waals surface area contributed by atoms with Crippen LogP contribution in [-0.4, -0.2) is 29.1 Å². The standard InChI is InChI=1S/C17H24FNO4/c1-10(2)9-14(17(21)22)19-16(20)15(11(3)4)23-13-7-5-12(18)6-8-13/h5-8,10-11,14-15H,9H2,1-4H3,(H,19,20)(H,21,22). The topological polar surface area (TPSA) is 75.6 Å². The molecule has 0 bridgehead atoms. The summed E-state index contributed by atoms with van der Waals surface area (Å²) in [4.78, 5) is 23.6. The molecule has 2 N–H and O–H groups in total. The number of carbonyl (C=O) groups is 2. The molecule has 0 saturated carbocycles. The lowest BCUT2D eigenvalue weighted by atomic mass is 10.0. The third-order valence-corrected chi connectivity index (χ3v) is 3.26. The molecule has 1 aromatic carbocycles. The molecule has 1 amide bonds. The number of rotatable bonds is 8. The van der Waals surface area contributed by atoms with E-state index in [9.17, 15) is 19.1 Å². The van der Waals surface area contributed by atoms with Crippen molar-refractivity contribution in [3.05, 3.63) is 30.1 Å². The van der Waals surface area contributed by atoms with Gasteiger partial charge in [-0.05, 0) is 42.5 Å². The Morgan fingerprint density at radius 3 is 2.17 bits per heavy atom. The molecule has 0 radical (unpaired) electrons. The van der Waals surface area contributed by atoms with Gasteiger partial charge in [0.1, 0.15) is 17.6 Å². The molecular weight excluding hydrogens is 301 g/mol. The van der Waals surface area contributed by atoms with Crippen molar-refractivity contribution in [1.29, 1.82) is 0 Å². The van der Waals surface area contributed by atoms with Crippen molar-refractivity contribution >= 4 is 11.9 Å². The summed E-state index contributed by atoms with van der Waals surface area (Å²) < 4.78 is 18.5. The van der Waals surface area contributed by atoms with Gasteiger partial charge < -0.3 is 15.2 Å². The maximum Gasteiger partial charge on any atom is 0.326 e. The van der Waals surface area contributed by atoms with Gasteiger partial charge in [0, 0.05) is 0 Å². The number of amides is 1. The monoisotopic (exact) mass is 325 g/mol. The predicted molar refractivity (Wildman–Crippen MR) is 84.7 cm³/mol. The van der Waals surface area contributed by atoms with Gasteiger partial charge in [-0.25, -0.2) is 9.18 Å². The van der Waals surface area contributed by atoms with E-state index in [1.165, 1.54) is 24.3 Å². The summed E-state index contributed by atoms with van der Waals surface area (Å²) in [6.45, 7) is 7.37. The summed E-state index contributed by atoms with van der Waals surface area (Å²) in [5.41, 5.74) is 0. The van der Waals surface area contributed by atoms with Crippen molar-refractivity contribution < 1.29 is 23.8 Å². The fourth-order valence-corrected chi connectivity index (χ4v) is 2.10. The van der Waals surface area contributed by atoms with Crippen LogP contribution in [-0.2, 0) is 9.59 Å². The summed E-state index contributed by atoms with van der Waals surface area (Å²) >= 11 is 0. The Bertz CT molecular complexity index is 528. The third kappa shape index (κ3) is 6.26. The number of carboxylic acids is 1. The quantitative estimate of drug-likeness (QED) is 0.770. The Balaban J connectivity index is 2.81. The van der Waals surface area contributed by atoms with Crippen molar-refractivity contribution in [1.82, 2.24) is 5.32 Å². The SMILES string of the molecule is CC(C)CC(NC(=O)C(Oc1ccc(F)cc1)C(C)C)C(=O)O. The number of ether oxygens (including phenoxy) is 1. The van der Waals surface area contributed by atoms with E-state index in [4.69, 9.17) is 4.74 Å². The smallest absolute Gasteiger partial charge is 0.326 e. The number of hydrogen-bond acceptors (Lipinski definition) is 3. The third-order valence-electron chi connectivity index (χ3n) is 3.26. The van der Waals surface area contributed by atoms with E-state index in [2.05, 4.69) is 5.32 Å². The second-order valence-electron chi connectivity index (χ2n) is 6.27. The molecular formula is C17H24FNO4. The molecule has 2 unspecified atom stereocenters. The number of nitrogens with one attached hydrogen (secondary N) is 1. The molecule has 0 fully saturated rings. The number of hydrogen-bond donors (Lipinski definition) is 2. The number of halogens is 1. The first-order valence-electron chi connectivity index (χ1n) is 7.66. The highest BCUT2D eigenvalue weighted by molar-refractivity contribution is 5.86. The van der Waals surface area contributed by atoms with Gasteiger partial charge in [-0.15, -0.1) is 0 Å². The first kappa shape index (κ1) is 18.9. The Kier molecular flexibility index (Phi) is 7.00. The molecule has 5 nitrogen and oxygen atoms in total. The average molecular weight is 325 g/mol. The molecule has 6 heteroatoms. The van der Waals surface area contributed by atoms with Crippen LogP contribution in [0, 0.1) is 17.7 Å². The van der Waals surface area contributed by atoms with Gasteiger partial charge in [-0.2, -0.15) is 0 Å². The minimum atomic E-state index is -1.07. The number of aliphatic carboxylic acids is 1. The molecule has 1 rings (SSSR count). The summed E-state index contributed by atoms with van der Waals surface area (Å²) in [5.74, 6) is -1.64. The van der Waals surface area contributed by atoms with Crippen molar-refractivity contribution in [3.8, 4) is 5.75 Å². The van der Waals surface area contributed by atoms with Gasteiger partial charge >= 0.3 is 5.97 Å². The molecule has 1 aromatic rings. The van der Waals surface area contributed by atoms with E-state index in [-0.39, 0.29) is 11.8 Å². The van der Waals surface area contributed by atoms with Crippen LogP contribution in [0.5, 0.6) is 5.75 Å². The van der Waals surface area contributed by atoms with Crippen LogP contribution in [0.4, 0.5) is 4.39 Å². The van der Waals surface area contributed by atoms with Crippen LogP contribution >= 0.6 is 0 Å². The van der Waals surface area contributed by atoms with Gasteiger partial charge in [0.05, 0.1) is 0 Å². The van der Waals surface area contributed by atoms with Gasteiger partial charge in [0.15, 0.2) is 6.10 Å². The van der Waals surface area contributed by atoms with Crippen LogP contribution in [0.3, 0.4) is 0 Å². The Labute approximate surface area is 135 Å². The average Bonchev–Trinajstić information content (AvgIpc) is 2.44. The van der Waals surface area contributed by atoms with Crippen LogP contribution in [0.2, 0.25) is 0 Å². The van der Waals surface area contributed by atoms with Crippen molar-refractivity contribution in [3.63, 3.8) is 0 Å². The summed E-state index contributed by atoms with van der Waals surface area (Å²) in [6.07, 6.45) is -0.517. The fraction of sp³-hybridized carbons (Fsp3) is 0.529. The second kappa shape index (κ2) is 8.50. The van der Waals surface area contributed by atoms with Gasteiger partial charge in [-0.3, -0.25) is 4.79 Å². The molecule has 0 aliphatic heterocycles. The molecule has 0 spiro atoms. The van der Waals surface area contributed by atoms with Gasteiger partial charge in [0.2, 0.25) is 0 Å². The zero-order chi connectivity index (χ0) is 17.6. The van der Waals surface area contributed by atoms with Crippen molar-refractivity contribution in [2.45, 2.75) is 46.3 Å². The normalized spacial score (nSPS) is 13.7. The minimum Gasteiger partial charge on any atom is -0.480 e. The summed E-state index contributed by atoms with van der Waals surface area (Å²) in [5, 5.41) is 11.7. The molecule has 0 aliphatic carbocycles.